The van der Waals surface area contributed by atoms with Crippen molar-refractivity contribution in [3.63, 3.8) is 0 Å². The van der Waals surface area contributed by atoms with Gasteiger partial charge in [-0.25, -0.2) is 4.98 Å². The van der Waals surface area contributed by atoms with E-state index in [9.17, 15) is 0 Å². The van der Waals surface area contributed by atoms with E-state index in [2.05, 4.69) is 33.8 Å². The molecule has 0 aliphatic carbocycles. The molecule has 3 aromatic rings. The van der Waals surface area contributed by atoms with E-state index >= 15 is 0 Å². The summed E-state index contributed by atoms with van der Waals surface area (Å²) in [6.45, 7) is 0. The van der Waals surface area contributed by atoms with Crippen LogP contribution < -0.4 is 5.73 Å². The average Bonchev–Trinajstić information content (AvgIpc) is 2.91. The zero-order valence-electron chi connectivity index (χ0n) is 12.1. The van der Waals surface area contributed by atoms with E-state index in [0.717, 1.165) is 23.5 Å². The van der Waals surface area contributed by atoms with Gasteiger partial charge in [-0.15, -0.1) is 0 Å². The van der Waals surface area contributed by atoms with Crippen molar-refractivity contribution in [3.8, 4) is 11.3 Å². The highest BCUT2D eigenvalue weighted by Gasteiger charge is 2.15. The molecule has 2 aromatic carbocycles. The Morgan fingerprint density at radius 3 is 2.29 bits per heavy atom. The van der Waals surface area contributed by atoms with Crippen molar-refractivity contribution < 1.29 is 0 Å². The molecule has 0 aliphatic heterocycles. The Kier molecular flexibility index (Phi) is 3.84. The van der Waals surface area contributed by atoms with Gasteiger partial charge in [-0.05, 0) is 17.5 Å². The van der Waals surface area contributed by atoms with E-state index in [1.807, 2.05) is 49.6 Å². The fourth-order valence-electron chi connectivity index (χ4n) is 2.60. The molecule has 106 valence electrons. The first-order valence-corrected chi connectivity index (χ1v) is 7.12. The zero-order valence-corrected chi connectivity index (χ0v) is 12.1. The third kappa shape index (κ3) is 2.88. The fraction of sp³-hybridized carbons (Fsp3) is 0.167. The van der Waals surface area contributed by atoms with Gasteiger partial charge in [-0.3, -0.25) is 0 Å². The van der Waals surface area contributed by atoms with Crippen molar-refractivity contribution in [3.05, 3.63) is 78.2 Å². The summed E-state index contributed by atoms with van der Waals surface area (Å²) in [5.74, 6) is 0.915. The van der Waals surface area contributed by atoms with E-state index in [1.54, 1.807) is 0 Å². The van der Waals surface area contributed by atoms with Crippen molar-refractivity contribution >= 4 is 0 Å². The highest BCUT2D eigenvalue weighted by molar-refractivity contribution is 5.59. The summed E-state index contributed by atoms with van der Waals surface area (Å²) in [6.07, 6.45) is 2.69. The number of nitrogens with two attached hydrogens (primary N) is 1. The molecule has 0 fully saturated rings. The molecule has 1 heterocycles. The van der Waals surface area contributed by atoms with Gasteiger partial charge in [0.2, 0.25) is 0 Å². The maximum atomic E-state index is 6.34. The lowest BCUT2D eigenvalue weighted by molar-refractivity contribution is 0.634. The van der Waals surface area contributed by atoms with Gasteiger partial charge in [0.05, 0.1) is 17.9 Å². The molecule has 1 unspecified atom stereocenters. The van der Waals surface area contributed by atoms with Crippen molar-refractivity contribution in [2.45, 2.75) is 12.5 Å². The minimum Gasteiger partial charge on any atom is -0.330 e. The van der Waals surface area contributed by atoms with Crippen LogP contribution in [0, 0.1) is 0 Å². The largest absolute Gasteiger partial charge is 0.330 e. The molecular weight excluding hydrogens is 258 g/mol. The normalized spacial score (nSPS) is 12.3. The third-order valence-corrected chi connectivity index (χ3v) is 3.72. The maximum absolute atomic E-state index is 6.34. The molecule has 21 heavy (non-hydrogen) atoms. The number of hydrogen-bond acceptors (Lipinski definition) is 2. The van der Waals surface area contributed by atoms with Crippen LogP contribution in [0.3, 0.4) is 0 Å². The van der Waals surface area contributed by atoms with E-state index in [0.29, 0.717) is 0 Å². The van der Waals surface area contributed by atoms with Crippen molar-refractivity contribution in [2.75, 3.05) is 0 Å². The van der Waals surface area contributed by atoms with Gasteiger partial charge in [0.1, 0.15) is 5.82 Å². The second-order valence-corrected chi connectivity index (χ2v) is 5.22. The summed E-state index contributed by atoms with van der Waals surface area (Å²) in [5, 5.41) is 0. The van der Waals surface area contributed by atoms with Gasteiger partial charge in [0.25, 0.3) is 0 Å². The summed E-state index contributed by atoms with van der Waals surface area (Å²) in [7, 11) is 2.02. The topological polar surface area (TPSA) is 43.8 Å². The maximum Gasteiger partial charge on any atom is 0.126 e. The molecule has 0 saturated carbocycles. The van der Waals surface area contributed by atoms with Crippen molar-refractivity contribution in [1.82, 2.24) is 9.55 Å². The Morgan fingerprint density at radius 2 is 1.62 bits per heavy atom. The van der Waals surface area contributed by atoms with Crippen LogP contribution in [0.5, 0.6) is 0 Å². The lowest BCUT2D eigenvalue weighted by atomic mass is 10.1. The number of nitrogens with zero attached hydrogens (tertiary/aromatic N) is 2. The smallest absolute Gasteiger partial charge is 0.126 e. The standard InChI is InChI=1S/C18H19N3/c1-21-17(15-10-6-3-7-11-15)13-20-18(21)16(19)12-14-8-4-2-5-9-14/h2-11,13,16H,12,19H2,1H3. The first-order valence-electron chi connectivity index (χ1n) is 7.12. The second kappa shape index (κ2) is 5.94. The molecule has 3 nitrogen and oxygen atoms in total. The lowest BCUT2D eigenvalue weighted by Crippen LogP contribution is -2.18. The van der Waals surface area contributed by atoms with E-state index in [1.165, 1.54) is 5.56 Å². The number of rotatable bonds is 4. The lowest BCUT2D eigenvalue weighted by Gasteiger charge is -2.13. The van der Waals surface area contributed by atoms with E-state index in [-0.39, 0.29) is 6.04 Å². The van der Waals surface area contributed by atoms with Crippen LogP contribution in [0.4, 0.5) is 0 Å². The molecule has 2 N–H and O–H groups in total. The molecule has 1 atom stereocenters. The fourth-order valence-corrected chi connectivity index (χ4v) is 2.60. The summed E-state index contributed by atoms with van der Waals surface area (Å²) in [5.41, 5.74) is 9.82. The molecule has 0 amide bonds. The molecular formula is C18H19N3. The van der Waals surface area contributed by atoms with Crippen LogP contribution in [0.2, 0.25) is 0 Å². The molecule has 0 aliphatic rings. The van der Waals surface area contributed by atoms with Gasteiger partial charge >= 0.3 is 0 Å². The van der Waals surface area contributed by atoms with Crippen molar-refractivity contribution in [2.24, 2.45) is 12.8 Å². The molecule has 0 saturated heterocycles. The van der Waals surface area contributed by atoms with Gasteiger partial charge in [-0.1, -0.05) is 60.7 Å². The van der Waals surface area contributed by atoms with Crippen LogP contribution in [0.25, 0.3) is 11.3 Å². The Morgan fingerprint density at radius 1 is 1.00 bits per heavy atom. The Labute approximate surface area is 125 Å². The zero-order chi connectivity index (χ0) is 14.7. The third-order valence-electron chi connectivity index (χ3n) is 3.72. The molecule has 0 bridgehead atoms. The molecule has 1 aromatic heterocycles. The van der Waals surface area contributed by atoms with Crippen LogP contribution in [0.15, 0.2) is 66.9 Å². The van der Waals surface area contributed by atoms with Gasteiger partial charge in [0, 0.05) is 7.05 Å². The van der Waals surface area contributed by atoms with Gasteiger partial charge in [-0.2, -0.15) is 0 Å². The van der Waals surface area contributed by atoms with Crippen LogP contribution in [0.1, 0.15) is 17.4 Å². The minimum atomic E-state index is -0.102. The Bertz CT molecular complexity index is 702. The first-order chi connectivity index (χ1) is 10.3. The summed E-state index contributed by atoms with van der Waals surface area (Å²) >= 11 is 0. The SMILES string of the molecule is Cn1c(-c2ccccc2)cnc1C(N)Cc1ccccc1. The highest BCUT2D eigenvalue weighted by atomic mass is 15.1. The van der Waals surface area contributed by atoms with E-state index < -0.39 is 0 Å². The molecule has 0 spiro atoms. The molecule has 3 heteroatoms. The van der Waals surface area contributed by atoms with Crippen LogP contribution >= 0.6 is 0 Å². The molecule has 3 rings (SSSR count). The summed E-state index contributed by atoms with van der Waals surface area (Å²) < 4.78 is 2.09. The van der Waals surface area contributed by atoms with Gasteiger partial charge < -0.3 is 10.3 Å². The van der Waals surface area contributed by atoms with Crippen LogP contribution in [-0.2, 0) is 13.5 Å². The number of aromatic nitrogens is 2. The first kappa shape index (κ1) is 13.6. The monoisotopic (exact) mass is 277 g/mol. The van der Waals surface area contributed by atoms with Crippen LogP contribution in [-0.4, -0.2) is 9.55 Å². The van der Waals surface area contributed by atoms with E-state index in [4.69, 9.17) is 5.73 Å². The predicted molar refractivity (Wildman–Crippen MR) is 85.7 cm³/mol. The van der Waals surface area contributed by atoms with Gasteiger partial charge in [0.15, 0.2) is 0 Å². The van der Waals surface area contributed by atoms with Crippen molar-refractivity contribution in [1.29, 1.82) is 0 Å². The summed E-state index contributed by atoms with van der Waals surface area (Å²) in [6, 6.07) is 20.4. The number of hydrogen-bond donors (Lipinski definition) is 1. The Balaban J connectivity index is 1.85. The quantitative estimate of drug-likeness (QED) is 0.795. The average molecular weight is 277 g/mol. The predicted octanol–water partition coefficient (Wildman–Crippen LogP) is 3.33. The second-order valence-electron chi connectivity index (χ2n) is 5.22. The number of imidazole rings is 1. The summed E-state index contributed by atoms with van der Waals surface area (Å²) in [4.78, 5) is 4.53. The highest BCUT2D eigenvalue weighted by Crippen LogP contribution is 2.23. The Hall–Kier alpha value is -2.39. The minimum absolute atomic E-state index is 0.102. The number of benzene rings is 2. The molecule has 0 radical (unpaired) electrons.